The van der Waals surface area contributed by atoms with Gasteiger partial charge < -0.3 is 5.73 Å². The van der Waals surface area contributed by atoms with E-state index in [1.807, 2.05) is 6.92 Å². The van der Waals surface area contributed by atoms with E-state index in [1.165, 1.54) is 6.07 Å². The van der Waals surface area contributed by atoms with Crippen LogP contribution in [-0.4, -0.2) is 6.04 Å². The van der Waals surface area contributed by atoms with E-state index in [0.29, 0.717) is 10.0 Å². The third-order valence-electron chi connectivity index (χ3n) is 3.50. The fourth-order valence-electron chi connectivity index (χ4n) is 2.23. The summed E-state index contributed by atoms with van der Waals surface area (Å²) in [7, 11) is 0. The highest BCUT2D eigenvalue weighted by Crippen LogP contribution is 2.53. The summed E-state index contributed by atoms with van der Waals surface area (Å²) in [5, 5.41) is 0. The summed E-state index contributed by atoms with van der Waals surface area (Å²) in [6.07, 6.45) is 1.52. The van der Waals surface area contributed by atoms with Gasteiger partial charge >= 0.3 is 0 Å². The van der Waals surface area contributed by atoms with E-state index in [0.717, 1.165) is 12.8 Å². The molecule has 4 heteroatoms. The number of nitrogens with two attached hydrogens (primary N) is 1. The Kier molecular flexibility index (Phi) is 2.83. The Morgan fingerprint density at radius 2 is 1.94 bits per heavy atom. The molecule has 0 amide bonds. The van der Waals surface area contributed by atoms with E-state index in [2.05, 4.69) is 15.9 Å². The molecular weight excluding hydrogens is 276 g/mol. The summed E-state index contributed by atoms with van der Waals surface area (Å²) in [6.45, 7) is 3.45. The first-order valence-corrected chi connectivity index (χ1v) is 6.09. The van der Waals surface area contributed by atoms with Gasteiger partial charge in [0.25, 0.3) is 0 Å². The molecule has 1 aromatic rings. The quantitative estimate of drug-likeness (QED) is 0.830. The molecular formula is C12H14BrF2N. The molecule has 2 rings (SSSR count). The van der Waals surface area contributed by atoms with Gasteiger partial charge in [-0.2, -0.15) is 0 Å². The SMILES string of the molecule is Cc1cc(Br)c(F)c(C2(C(C)N)CC2)c1F. The standard InChI is InChI=1S/C12H14BrF2N/c1-6-5-8(13)11(15)9(10(6)14)12(3-4-12)7(2)16/h5,7H,3-4,16H2,1-2H3. The van der Waals surface area contributed by atoms with Gasteiger partial charge in [-0.15, -0.1) is 0 Å². The van der Waals surface area contributed by atoms with Gasteiger partial charge in [0, 0.05) is 17.0 Å². The zero-order valence-corrected chi connectivity index (χ0v) is 10.9. The van der Waals surface area contributed by atoms with Crippen LogP contribution in [0.15, 0.2) is 10.5 Å². The Bertz CT molecular complexity index is 413. The fourth-order valence-corrected chi connectivity index (χ4v) is 2.78. The van der Waals surface area contributed by atoms with Crippen molar-refractivity contribution in [2.24, 2.45) is 5.73 Å². The molecule has 1 atom stereocenters. The minimum Gasteiger partial charge on any atom is -0.327 e. The topological polar surface area (TPSA) is 26.0 Å². The molecule has 1 aromatic carbocycles. The average Bonchev–Trinajstić information content (AvgIpc) is 2.97. The Morgan fingerprint density at radius 1 is 1.38 bits per heavy atom. The van der Waals surface area contributed by atoms with Crippen molar-refractivity contribution in [2.75, 3.05) is 0 Å². The number of benzene rings is 1. The van der Waals surface area contributed by atoms with Crippen LogP contribution in [0.5, 0.6) is 0 Å². The number of aryl methyl sites for hydroxylation is 1. The first kappa shape index (κ1) is 12.0. The number of rotatable bonds is 2. The molecule has 0 aromatic heterocycles. The van der Waals surface area contributed by atoms with Crippen LogP contribution in [0.4, 0.5) is 8.78 Å². The first-order valence-electron chi connectivity index (χ1n) is 5.30. The molecule has 0 saturated heterocycles. The molecule has 2 N–H and O–H groups in total. The summed E-state index contributed by atoms with van der Waals surface area (Å²) in [5.74, 6) is -0.951. The molecule has 1 nitrogen and oxygen atoms in total. The van der Waals surface area contributed by atoms with Gasteiger partial charge in [0.05, 0.1) is 4.47 Å². The van der Waals surface area contributed by atoms with Crippen LogP contribution in [0, 0.1) is 18.6 Å². The number of hydrogen-bond donors (Lipinski definition) is 1. The summed E-state index contributed by atoms with van der Waals surface area (Å²) in [6, 6.07) is 1.23. The van der Waals surface area contributed by atoms with Crippen molar-refractivity contribution < 1.29 is 8.78 Å². The summed E-state index contributed by atoms with van der Waals surface area (Å²) in [5.41, 5.74) is 5.97. The van der Waals surface area contributed by atoms with Crippen molar-refractivity contribution in [3.63, 3.8) is 0 Å². The molecule has 0 bridgehead atoms. The van der Waals surface area contributed by atoms with E-state index >= 15 is 0 Å². The number of hydrogen-bond acceptors (Lipinski definition) is 1. The lowest BCUT2D eigenvalue weighted by Gasteiger charge is -2.22. The predicted octanol–water partition coefficient (Wildman–Crippen LogP) is 3.41. The largest absolute Gasteiger partial charge is 0.327 e. The van der Waals surface area contributed by atoms with Crippen LogP contribution >= 0.6 is 15.9 Å². The highest BCUT2D eigenvalue weighted by molar-refractivity contribution is 9.10. The Morgan fingerprint density at radius 3 is 2.38 bits per heavy atom. The van der Waals surface area contributed by atoms with Gasteiger partial charge in [0.1, 0.15) is 11.6 Å². The summed E-state index contributed by atoms with van der Waals surface area (Å²) >= 11 is 3.12. The van der Waals surface area contributed by atoms with Crippen molar-refractivity contribution >= 4 is 15.9 Å². The van der Waals surface area contributed by atoms with Crippen LogP contribution in [0.2, 0.25) is 0 Å². The van der Waals surface area contributed by atoms with Gasteiger partial charge in [-0.3, -0.25) is 0 Å². The van der Waals surface area contributed by atoms with Gasteiger partial charge in [-0.25, -0.2) is 8.78 Å². The molecule has 1 aliphatic carbocycles. The Hall–Kier alpha value is -0.480. The second-order valence-electron chi connectivity index (χ2n) is 4.62. The second kappa shape index (κ2) is 3.77. The number of halogens is 3. The minimum atomic E-state index is -0.502. The lowest BCUT2D eigenvalue weighted by Crippen LogP contribution is -2.33. The highest BCUT2D eigenvalue weighted by atomic mass is 79.9. The van der Waals surface area contributed by atoms with Gasteiger partial charge in [-0.05, 0) is 54.2 Å². The van der Waals surface area contributed by atoms with Crippen LogP contribution in [0.3, 0.4) is 0 Å². The van der Waals surface area contributed by atoms with Crippen molar-refractivity contribution in [2.45, 2.75) is 38.1 Å². The molecule has 1 unspecified atom stereocenters. The zero-order chi connectivity index (χ0) is 12.1. The molecule has 1 saturated carbocycles. The van der Waals surface area contributed by atoms with Crippen LogP contribution in [-0.2, 0) is 5.41 Å². The minimum absolute atomic E-state index is 0.161. The molecule has 1 fully saturated rings. The van der Waals surface area contributed by atoms with Crippen molar-refractivity contribution in [1.82, 2.24) is 0 Å². The smallest absolute Gasteiger partial charge is 0.144 e. The highest BCUT2D eigenvalue weighted by Gasteiger charge is 2.51. The normalized spacial score (nSPS) is 19.6. The van der Waals surface area contributed by atoms with Gasteiger partial charge in [0.2, 0.25) is 0 Å². The monoisotopic (exact) mass is 289 g/mol. The molecule has 0 spiro atoms. The van der Waals surface area contributed by atoms with E-state index in [4.69, 9.17) is 5.73 Å². The maximum atomic E-state index is 14.0. The Balaban J connectivity index is 2.65. The Labute approximate surface area is 102 Å². The second-order valence-corrected chi connectivity index (χ2v) is 5.48. The third kappa shape index (κ3) is 1.59. The van der Waals surface area contributed by atoms with Crippen molar-refractivity contribution in [1.29, 1.82) is 0 Å². The van der Waals surface area contributed by atoms with E-state index < -0.39 is 17.0 Å². The molecule has 1 aliphatic rings. The molecule has 88 valence electrons. The maximum Gasteiger partial charge on any atom is 0.144 e. The van der Waals surface area contributed by atoms with Crippen molar-refractivity contribution in [3.8, 4) is 0 Å². The van der Waals surface area contributed by atoms with Crippen LogP contribution < -0.4 is 5.73 Å². The van der Waals surface area contributed by atoms with Crippen molar-refractivity contribution in [3.05, 3.63) is 33.3 Å². The van der Waals surface area contributed by atoms with E-state index in [9.17, 15) is 8.78 Å². The van der Waals surface area contributed by atoms with E-state index in [1.54, 1.807) is 6.92 Å². The van der Waals surface area contributed by atoms with Gasteiger partial charge in [0.15, 0.2) is 0 Å². The molecule has 16 heavy (non-hydrogen) atoms. The zero-order valence-electron chi connectivity index (χ0n) is 9.28. The maximum absolute atomic E-state index is 14.0. The molecule has 0 heterocycles. The average molecular weight is 290 g/mol. The summed E-state index contributed by atoms with van der Waals surface area (Å²) in [4.78, 5) is 0. The third-order valence-corrected chi connectivity index (χ3v) is 4.07. The van der Waals surface area contributed by atoms with Gasteiger partial charge in [-0.1, -0.05) is 0 Å². The summed E-state index contributed by atoms with van der Waals surface area (Å²) < 4.78 is 28.3. The lowest BCUT2D eigenvalue weighted by molar-refractivity contribution is 0.467. The molecule has 0 radical (unpaired) electrons. The van der Waals surface area contributed by atoms with Crippen LogP contribution in [0.1, 0.15) is 30.9 Å². The van der Waals surface area contributed by atoms with Crippen LogP contribution in [0.25, 0.3) is 0 Å². The van der Waals surface area contributed by atoms with E-state index in [-0.39, 0.29) is 11.6 Å². The first-order chi connectivity index (χ1) is 7.40. The lowest BCUT2D eigenvalue weighted by atomic mass is 9.87. The fraction of sp³-hybridized carbons (Fsp3) is 0.500. The predicted molar refractivity (Wildman–Crippen MR) is 63.4 cm³/mol. The molecule has 0 aliphatic heterocycles.